The van der Waals surface area contributed by atoms with Crippen LogP contribution in [0.2, 0.25) is 0 Å². The summed E-state index contributed by atoms with van der Waals surface area (Å²) in [4.78, 5) is 1.41. The first-order chi connectivity index (χ1) is 9.37. The molecule has 0 radical (unpaired) electrons. The van der Waals surface area contributed by atoms with Crippen molar-refractivity contribution in [2.45, 2.75) is 37.8 Å². The highest BCUT2D eigenvalue weighted by molar-refractivity contribution is 7.89. The molecule has 0 spiro atoms. The third-order valence-corrected chi connectivity index (χ3v) is 5.76. The van der Waals surface area contributed by atoms with Crippen LogP contribution in [-0.4, -0.2) is 46.1 Å². The van der Waals surface area contributed by atoms with Crippen LogP contribution in [0.5, 0.6) is 0 Å². The van der Waals surface area contributed by atoms with Crippen molar-refractivity contribution in [3.8, 4) is 0 Å². The van der Waals surface area contributed by atoms with Gasteiger partial charge in [-0.15, -0.1) is 11.3 Å². The Morgan fingerprint density at radius 2 is 2.15 bits per heavy atom. The lowest BCUT2D eigenvalue weighted by molar-refractivity contribution is 0.189. The van der Waals surface area contributed by atoms with E-state index in [4.69, 9.17) is 4.74 Å². The summed E-state index contributed by atoms with van der Waals surface area (Å²) in [6.07, 6.45) is 0.693. The highest BCUT2D eigenvalue weighted by atomic mass is 32.2. The number of ether oxygens (including phenoxy) is 1. The Morgan fingerprint density at radius 3 is 2.75 bits per heavy atom. The van der Waals surface area contributed by atoms with Gasteiger partial charge in [0.15, 0.2) is 0 Å². The van der Waals surface area contributed by atoms with E-state index in [1.807, 2.05) is 0 Å². The molecular formula is C13H24N2O3S2. The number of nitrogens with zero attached hydrogens (tertiary/aromatic N) is 1. The Bertz CT molecular complexity index is 497. The normalized spacial score (nSPS) is 12.5. The molecule has 0 atom stereocenters. The van der Waals surface area contributed by atoms with Crippen LogP contribution in [0.25, 0.3) is 0 Å². The third kappa shape index (κ3) is 5.14. The Labute approximate surface area is 126 Å². The van der Waals surface area contributed by atoms with Crippen LogP contribution in [0.3, 0.4) is 0 Å². The molecule has 0 saturated heterocycles. The van der Waals surface area contributed by atoms with Crippen LogP contribution in [0.15, 0.2) is 16.3 Å². The van der Waals surface area contributed by atoms with Crippen LogP contribution in [0, 0.1) is 0 Å². The van der Waals surface area contributed by atoms with Gasteiger partial charge >= 0.3 is 0 Å². The number of hydrogen-bond donors (Lipinski definition) is 1. The molecule has 0 bridgehead atoms. The number of methoxy groups -OCH3 is 1. The molecule has 1 heterocycles. The van der Waals surface area contributed by atoms with E-state index < -0.39 is 10.0 Å². The maximum absolute atomic E-state index is 12.3. The molecule has 0 aromatic carbocycles. The van der Waals surface area contributed by atoms with E-state index in [-0.39, 0.29) is 0 Å². The minimum atomic E-state index is -3.38. The zero-order valence-electron chi connectivity index (χ0n) is 12.5. The summed E-state index contributed by atoms with van der Waals surface area (Å²) in [5.74, 6) is 0. The van der Waals surface area contributed by atoms with Crippen LogP contribution in [0.4, 0.5) is 0 Å². The van der Waals surface area contributed by atoms with E-state index in [9.17, 15) is 8.42 Å². The highest BCUT2D eigenvalue weighted by Gasteiger charge is 2.21. The summed E-state index contributed by atoms with van der Waals surface area (Å²) in [6, 6.07) is 2.14. The maximum atomic E-state index is 12.3. The van der Waals surface area contributed by atoms with Gasteiger partial charge in [-0.25, -0.2) is 12.7 Å². The van der Waals surface area contributed by atoms with E-state index in [1.54, 1.807) is 25.6 Å². The lowest BCUT2D eigenvalue weighted by atomic mass is 10.4. The van der Waals surface area contributed by atoms with E-state index in [0.29, 0.717) is 37.1 Å². The lowest BCUT2D eigenvalue weighted by Gasteiger charge is -2.15. The average molecular weight is 320 g/mol. The second-order valence-electron chi connectivity index (χ2n) is 4.96. The molecule has 0 saturated carbocycles. The summed E-state index contributed by atoms with van der Waals surface area (Å²) in [7, 11) is -0.158. The standard InChI is InChI=1S/C13H24N2O3S2/c1-11(2)14-9-12-8-13(10-19-12)20(16,17)15(3)6-5-7-18-4/h8,10-11,14H,5-7,9H2,1-4H3. The molecule has 116 valence electrons. The maximum Gasteiger partial charge on any atom is 0.243 e. The fourth-order valence-electron chi connectivity index (χ4n) is 1.62. The first-order valence-corrected chi connectivity index (χ1v) is 8.96. The molecule has 7 heteroatoms. The van der Waals surface area contributed by atoms with Gasteiger partial charge in [-0.05, 0) is 12.5 Å². The van der Waals surface area contributed by atoms with Crippen molar-refractivity contribution in [2.24, 2.45) is 0 Å². The van der Waals surface area contributed by atoms with Crippen molar-refractivity contribution >= 4 is 21.4 Å². The van der Waals surface area contributed by atoms with Gasteiger partial charge in [0.2, 0.25) is 10.0 Å². The number of hydrogen-bond acceptors (Lipinski definition) is 5. The van der Waals surface area contributed by atoms with E-state index in [0.717, 1.165) is 4.88 Å². The second-order valence-corrected chi connectivity index (χ2v) is 8.00. The summed E-state index contributed by atoms with van der Waals surface area (Å²) in [5, 5.41) is 4.99. The van der Waals surface area contributed by atoms with Gasteiger partial charge in [0.05, 0.1) is 4.90 Å². The van der Waals surface area contributed by atoms with Crippen molar-refractivity contribution in [1.82, 2.24) is 9.62 Å². The van der Waals surface area contributed by atoms with E-state index in [1.165, 1.54) is 15.6 Å². The van der Waals surface area contributed by atoms with E-state index in [2.05, 4.69) is 19.2 Å². The Morgan fingerprint density at radius 1 is 1.45 bits per heavy atom. The quantitative estimate of drug-likeness (QED) is 0.706. The summed E-state index contributed by atoms with van der Waals surface area (Å²) in [6.45, 7) is 5.85. The van der Waals surface area contributed by atoms with Crippen molar-refractivity contribution in [2.75, 3.05) is 27.3 Å². The largest absolute Gasteiger partial charge is 0.385 e. The predicted octanol–water partition coefficient (Wildman–Crippen LogP) is 1.90. The van der Waals surface area contributed by atoms with Gasteiger partial charge in [-0.2, -0.15) is 0 Å². The molecule has 20 heavy (non-hydrogen) atoms. The number of sulfonamides is 1. The van der Waals surface area contributed by atoms with E-state index >= 15 is 0 Å². The van der Waals surface area contributed by atoms with Crippen molar-refractivity contribution in [3.05, 3.63) is 16.3 Å². The number of nitrogens with one attached hydrogen (secondary N) is 1. The molecule has 0 fully saturated rings. The average Bonchev–Trinajstić information content (AvgIpc) is 2.86. The summed E-state index contributed by atoms with van der Waals surface area (Å²) >= 11 is 1.47. The lowest BCUT2D eigenvalue weighted by Crippen LogP contribution is -2.28. The third-order valence-electron chi connectivity index (χ3n) is 2.84. The molecular weight excluding hydrogens is 296 g/mol. The summed E-state index contributed by atoms with van der Waals surface area (Å²) < 4.78 is 31.0. The van der Waals surface area contributed by atoms with Crippen LogP contribution < -0.4 is 5.32 Å². The topological polar surface area (TPSA) is 58.6 Å². The molecule has 0 amide bonds. The fourth-order valence-corrected chi connectivity index (χ4v) is 4.05. The minimum Gasteiger partial charge on any atom is -0.385 e. The van der Waals surface area contributed by atoms with Crippen molar-refractivity contribution < 1.29 is 13.2 Å². The minimum absolute atomic E-state index is 0.378. The zero-order valence-corrected chi connectivity index (χ0v) is 14.2. The van der Waals surface area contributed by atoms with Crippen LogP contribution >= 0.6 is 11.3 Å². The first kappa shape index (κ1) is 17.6. The predicted molar refractivity (Wildman–Crippen MR) is 82.6 cm³/mol. The monoisotopic (exact) mass is 320 g/mol. The molecule has 0 unspecified atom stereocenters. The Kier molecular flexibility index (Phi) is 7.11. The molecule has 0 aliphatic carbocycles. The second kappa shape index (κ2) is 8.09. The molecule has 1 N–H and O–H groups in total. The number of rotatable bonds is 9. The Hall–Kier alpha value is -0.470. The van der Waals surface area contributed by atoms with Crippen LogP contribution in [-0.2, 0) is 21.3 Å². The van der Waals surface area contributed by atoms with Crippen molar-refractivity contribution in [3.63, 3.8) is 0 Å². The van der Waals surface area contributed by atoms with Crippen molar-refractivity contribution in [1.29, 1.82) is 0 Å². The zero-order chi connectivity index (χ0) is 15.2. The number of thiophene rings is 1. The molecule has 1 aromatic heterocycles. The molecule has 0 aliphatic heterocycles. The van der Waals surface area contributed by atoms with Gasteiger partial charge in [0, 0.05) is 50.2 Å². The first-order valence-electron chi connectivity index (χ1n) is 6.64. The molecule has 5 nitrogen and oxygen atoms in total. The van der Waals surface area contributed by atoms with Gasteiger partial charge in [0.1, 0.15) is 0 Å². The molecule has 0 aliphatic rings. The van der Waals surface area contributed by atoms with Gasteiger partial charge in [-0.1, -0.05) is 13.8 Å². The summed E-state index contributed by atoms with van der Waals surface area (Å²) in [5.41, 5.74) is 0. The Balaban J connectivity index is 2.67. The molecule has 1 rings (SSSR count). The van der Waals surface area contributed by atoms with Crippen LogP contribution in [0.1, 0.15) is 25.1 Å². The molecule has 1 aromatic rings. The fraction of sp³-hybridized carbons (Fsp3) is 0.692. The SMILES string of the molecule is COCCCN(C)S(=O)(=O)c1csc(CNC(C)C)c1. The highest BCUT2D eigenvalue weighted by Crippen LogP contribution is 2.22. The smallest absolute Gasteiger partial charge is 0.243 e. The van der Waals surface area contributed by atoms with Gasteiger partial charge < -0.3 is 10.1 Å². The van der Waals surface area contributed by atoms with Gasteiger partial charge in [-0.3, -0.25) is 0 Å². The van der Waals surface area contributed by atoms with Gasteiger partial charge in [0.25, 0.3) is 0 Å².